The molecule has 4 heterocycles. The summed E-state index contributed by atoms with van der Waals surface area (Å²) in [7, 11) is 0. The first kappa shape index (κ1) is 17.1. The molecule has 0 radical (unpaired) electrons. The molecule has 0 unspecified atom stereocenters. The normalized spacial score (nSPS) is 12.2. The molecule has 5 aromatic rings. The van der Waals surface area contributed by atoms with E-state index < -0.39 is 0 Å². The van der Waals surface area contributed by atoms with Crippen molar-refractivity contribution in [3.63, 3.8) is 0 Å². The molecule has 3 aromatic heterocycles. The Labute approximate surface area is 176 Å². The molecule has 0 bridgehead atoms. The highest BCUT2D eigenvalue weighted by molar-refractivity contribution is 6.31. The third-order valence-electron chi connectivity index (χ3n) is 5.23. The van der Waals surface area contributed by atoms with E-state index in [1.807, 2.05) is 58.2 Å². The fourth-order valence-corrected chi connectivity index (χ4v) is 4.01. The topological polar surface area (TPSA) is 79.2 Å². The van der Waals surface area contributed by atoms with Gasteiger partial charge in [0, 0.05) is 10.6 Å². The monoisotopic (exact) mass is 414 g/mol. The SMILES string of the molecule is Clc1ccc2c(c1)-c1nncn1Cc1c(-c3cn(Cc4ccccc4)nn3)ncn1-2. The minimum Gasteiger partial charge on any atom is -0.307 e. The molecule has 1 aliphatic rings. The van der Waals surface area contributed by atoms with Crippen molar-refractivity contribution in [3.05, 3.63) is 83.7 Å². The van der Waals surface area contributed by atoms with Gasteiger partial charge in [0.2, 0.25) is 0 Å². The highest BCUT2D eigenvalue weighted by atomic mass is 35.5. The van der Waals surface area contributed by atoms with Crippen LogP contribution in [0.3, 0.4) is 0 Å². The smallest absolute Gasteiger partial charge is 0.166 e. The Kier molecular flexibility index (Phi) is 3.78. The van der Waals surface area contributed by atoms with Crippen molar-refractivity contribution in [1.29, 1.82) is 0 Å². The first-order valence-electron chi connectivity index (χ1n) is 9.45. The maximum absolute atomic E-state index is 6.26. The lowest BCUT2D eigenvalue weighted by atomic mass is 10.1. The van der Waals surface area contributed by atoms with E-state index in [0.717, 1.165) is 39.7 Å². The van der Waals surface area contributed by atoms with Gasteiger partial charge in [-0.2, -0.15) is 0 Å². The lowest BCUT2D eigenvalue weighted by Gasteiger charge is -2.08. The summed E-state index contributed by atoms with van der Waals surface area (Å²) in [6.07, 6.45) is 5.46. The summed E-state index contributed by atoms with van der Waals surface area (Å²) in [5, 5.41) is 17.7. The Morgan fingerprint density at radius 3 is 2.80 bits per heavy atom. The zero-order chi connectivity index (χ0) is 20.1. The van der Waals surface area contributed by atoms with Crippen LogP contribution in [-0.4, -0.2) is 39.3 Å². The lowest BCUT2D eigenvalue weighted by Crippen LogP contribution is -2.03. The standard InChI is InChI=1S/C21H15ClN8/c22-15-6-7-18-16(8-15)21-26-24-13-28(21)11-19-20(23-12-30(18)19)17-10-29(27-25-17)9-14-4-2-1-3-5-14/h1-8,10,12-13H,9,11H2. The molecule has 1 aliphatic heterocycles. The average molecular weight is 415 g/mol. The summed E-state index contributed by atoms with van der Waals surface area (Å²) in [6.45, 7) is 1.22. The van der Waals surface area contributed by atoms with E-state index in [4.69, 9.17) is 11.6 Å². The van der Waals surface area contributed by atoms with Crippen LogP contribution in [-0.2, 0) is 13.1 Å². The molecule has 0 N–H and O–H groups in total. The highest BCUT2D eigenvalue weighted by Gasteiger charge is 2.25. The molecule has 0 saturated heterocycles. The predicted molar refractivity (Wildman–Crippen MR) is 111 cm³/mol. The second-order valence-electron chi connectivity index (χ2n) is 7.14. The van der Waals surface area contributed by atoms with Crippen molar-refractivity contribution in [2.75, 3.05) is 0 Å². The van der Waals surface area contributed by atoms with Crippen molar-refractivity contribution in [2.45, 2.75) is 13.1 Å². The minimum atomic E-state index is 0.565. The van der Waals surface area contributed by atoms with E-state index in [9.17, 15) is 0 Å². The Bertz CT molecular complexity index is 1360. The number of benzene rings is 2. The molecular formula is C21H15ClN8. The van der Waals surface area contributed by atoms with Crippen molar-refractivity contribution >= 4 is 11.6 Å². The van der Waals surface area contributed by atoms with E-state index in [2.05, 4.69) is 42.2 Å². The van der Waals surface area contributed by atoms with Gasteiger partial charge in [-0.3, -0.25) is 4.57 Å². The highest BCUT2D eigenvalue weighted by Crippen LogP contribution is 2.35. The fourth-order valence-electron chi connectivity index (χ4n) is 3.84. The molecule has 2 aromatic carbocycles. The Morgan fingerprint density at radius 1 is 1.00 bits per heavy atom. The first-order chi connectivity index (χ1) is 14.8. The van der Waals surface area contributed by atoms with Gasteiger partial charge in [0.25, 0.3) is 0 Å². The van der Waals surface area contributed by atoms with Crippen molar-refractivity contribution in [2.24, 2.45) is 0 Å². The van der Waals surface area contributed by atoms with E-state index in [1.165, 1.54) is 0 Å². The number of hydrogen-bond donors (Lipinski definition) is 0. The molecule has 0 saturated carbocycles. The van der Waals surface area contributed by atoms with Gasteiger partial charge in [0.05, 0.1) is 30.7 Å². The molecular weight excluding hydrogens is 400 g/mol. The lowest BCUT2D eigenvalue weighted by molar-refractivity contribution is 0.650. The van der Waals surface area contributed by atoms with Crippen LogP contribution in [0.1, 0.15) is 11.3 Å². The summed E-state index contributed by atoms with van der Waals surface area (Å²) in [4.78, 5) is 4.67. The van der Waals surface area contributed by atoms with Gasteiger partial charge in [-0.1, -0.05) is 47.1 Å². The number of imidazole rings is 1. The minimum absolute atomic E-state index is 0.565. The number of rotatable bonds is 3. The van der Waals surface area contributed by atoms with Crippen LogP contribution < -0.4 is 0 Å². The number of hydrogen-bond acceptors (Lipinski definition) is 5. The van der Waals surface area contributed by atoms with Crippen molar-refractivity contribution in [1.82, 2.24) is 39.3 Å². The average Bonchev–Trinajstić information content (AvgIpc) is 3.48. The van der Waals surface area contributed by atoms with Crippen molar-refractivity contribution < 1.29 is 0 Å². The zero-order valence-electron chi connectivity index (χ0n) is 15.7. The number of nitrogens with zero attached hydrogens (tertiary/aromatic N) is 8. The van der Waals surface area contributed by atoms with Gasteiger partial charge in [-0.25, -0.2) is 9.67 Å². The molecule has 0 atom stereocenters. The van der Waals surface area contributed by atoms with Gasteiger partial charge >= 0.3 is 0 Å². The van der Waals surface area contributed by atoms with Gasteiger partial charge in [0.1, 0.15) is 24.0 Å². The van der Waals surface area contributed by atoms with Gasteiger partial charge in [0.15, 0.2) is 5.82 Å². The van der Waals surface area contributed by atoms with Gasteiger partial charge in [-0.05, 0) is 23.8 Å². The maximum atomic E-state index is 6.26. The molecule has 30 heavy (non-hydrogen) atoms. The fraction of sp³-hybridized carbons (Fsp3) is 0.0952. The Hall–Kier alpha value is -3.78. The Balaban J connectivity index is 1.45. The first-order valence-corrected chi connectivity index (χ1v) is 9.83. The molecule has 0 aliphatic carbocycles. The van der Waals surface area contributed by atoms with Crippen LogP contribution in [0.25, 0.3) is 28.5 Å². The number of aromatic nitrogens is 8. The quantitative estimate of drug-likeness (QED) is 0.443. The van der Waals surface area contributed by atoms with Gasteiger partial charge in [-0.15, -0.1) is 15.3 Å². The summed E-state index contributed by atoms with van der Waals surface area (Å²) in [5.41, 5.74) is 5.54. The van der Waals surface area contributed by atoms with Crippen LogP contribution in [0, 0.1) is 0 Å². The largest absolute Gasteiger partial charge is 0.307 e. The molecule has 8 nitrogen and oxygen atoms in total. The van der Waals surface area contributed by atoms with E-state index in [0.29, 0.717) is 18.1 Å². The molecule has 146 valence electrons. The van der Waals surface area contributed by atoms with Crippen LogP contribution in [0.5, 0.6) is 0 Å². The molecule has 0 spiro atoms. The van der Waals surface area contributed by atoms with E-state index in [-0.39, 0.29) is 0 Å². The third-order valence-corrected chi connectivity index (χ3v) is 5.46. The molecule has 6 rings (SSSR count). The predicted octanol–water partition coefficient (Wildman–Crippen LogP) is 3.45. The summed E-state index contributed by atoms with van der Waals surface area (Å²) >= 11 is 6.26. The molecule has 0 fully saturated rings. The number of fused-ring (bicyclic) bond motifs is 5. The summed E-state index contributed by atoms with van der Waals surface area (Å²) in [5.74, 6) is 0.773. The summed E-state index contributed by atoms with van der Waals surface area (Å²) in [6, 6.07) is 15.9. The van der Waals surface area contributed by atoms with Crippen LogP contribution in [0.15, 0.2) is 67.4 Å². The van der Waals surface area contributed by atoms with Gasteiger partial charge < -0.3 is 4.57 Å². The molecule has 9 heteroatoms. The second kappa shape index (κ2) is 6.64. The van der Waals surface area contributed by atoms with Crippen LogP contribution >= 0.6 is 11.6 Å². The van der Waals surface area contributed by atoms with Crippen molar-refractivity contribution in [3.8, 4) is 28.5 Å². The van der Waals surface area contributed by atoms with E-state index >= 15 is 0 Å². The van der Waals surface area contributed by atoms with Crippen LogP contribution in [0.4, 0.5) is 0 Å². The van der Waals surface area contributed by atoms with E-state index in [1.54, 1.807) is 6.33 Å². The maximum Gasteiger partial charge on any atom is 0.166 e. The Morgan fingerprint density at radius 2 is 1.90 bits per heavy atom. The number of halogens is 1. The molecule has 0 amide bonds. The second-order valence-corrected chi connectivity index (χ2v) is 7.58. The third kappa shape index (κ3) is 2.73. The summed E-state index contributed by atoms with van der Waals surface area (Å²) < 4.78 is 5.88. The zero-order valence-corrected chi connectivity index (χ0v) is 16.5. The van der Waals surface area contributed by atoms with Crippen LogP contribution in [0.2, 0.25) is 5.02 Å².